The second kappa shape index (κ2) is 13.5. The Morgan fingerprint density at radius 3 is 1.69 bits per heavy atom. The molecule has 12 atom stereocenters. The van der Waals surface area contributed by atoms with E-state index in [-0.39, 0.29) is 34.8 Å². The Kier molecular flexibility index (Phi) is 10.1. The molecule has 9 N–H and O–H groups in total. The van der Waals surface area contributed by atoms with E-state index >= 15 is 0 Å². The van der Waals surface area contributed by atoms with Crippen molar-refractivity contribution in [1.82, 2.24) is 0 Å². The number of methoxy groups -OCH3 is 1. The number of hydrogen-bond acceptors (Lipinski definition) is 15. The van der Waals surface area contributed by atoms with E-state index in [9.17, 15) is 46.0 Å². The van der Waals surface area contributed by atoms with Crippen LogP contribution in [-0.2, 0) is 9.47 Å². The van der Waals surface area contributed by atoms with Gasteiger partial charge >= 0.3 is 0 Å². The van der Waals surface area contributed by atoms with Crippen LogP contribution < -0.4 is 18.9 Å². The van der Waals surface area contributed by atoms with E-state index in [4.69, 9.17) is 28.4 Å². The molecular formula is C30H40O15. The summed E-state index contributed by atoms with van der Waals surface area (Å²) in [5, 5.41) is 93.3. The summed E-state index contributed by atoms with van der Waals surface area (Å²) in [4.78, 5) is 0. The van der Waals surface area contributed by atoms with Crippen molar-refractivity contribution in [2.24, 2.45) is 0 Å². The monoisotopic (exact) mass is 640 g/mol. The Labute approximate surface area is 258 Å². The van der Waals surface area contributed by atoms with Crippen LogP contribution >= 0.6 is 0 Å². The fourth-order valence-corrected chi connectivity index (χ4v) is 5.87. The van der Waals surface area contributed by atoms with Crippen molar-refractivity contribution in [3.8, 4) is 23.0 Å². The predicted molar refractivity (Wildman–Crippen MR) is 151 cm³/mol. The van der Waals surface area contributed by atoms with Crippen molar-refractivity contribution in [3.63, 3.8) is 0 Å². The van der Waals surface area contributed by atoms with E-state index < -0.39 is 86.8 Å². The van der Waals surface area contributed by atoms with Gasteiger partial charge in [0.05, 0.1) is 32.0 Å². The first kappa shape index (κ1) is 33.6. The number of fused-ring (bicyclic) bond motifs is 1. The highest BCUT2D eigenvalue weighted by Gasteiger charge is 2.48. The molecule has 2 fully saturated rings. The second-order valence-electron chi connectivity index (χ2n) is 11.4. The molecule has 5 rings (SSSR count). The molecule has 250 valence electrons. The molecule has 3 heterocycles. The molecule has 2 saturated heterocycles. The van der Waals surface area contributed by atoms with Crippen LogP contribution in [0.5, 0.6) is 23.0 Å². The molecular weight excluding hydrogens is 600 g/mol. The van der Waals surface area contributed by atoms with Crippen molar-refractivity contribution in [2.45, 2.75) is 93.9 Å². The lowest BCUT2D eigenvalue weighted by molar-refractivity contribution is -0.279. The topological polar surface area (TPSA) is 237 Å². The number of rotatable bonds is 8. The lowest BCUT2D eigenvalue weighted by atomic mass is 9.90. The molecule has 15 nitrogen and oxygen atoms in total. The number of hydrogen-bond donors (Lipinski definition) is 9. The molecule has 2 aromatic rings. The van der Waals surface area contributed by atoms with Gasteiger partial charge in [-0.2, -0.15) is 0 Å². The molecule has 0 aliphatic carbocycles. The molecule has 45 heavy (non-hydrogen) atoms. The van der Waals surface area contributed by atoms with Crippen molar-refractivity contribution in [1.29, 1.82) is 0 Å². The zero-order valence-corrected chi connectivity index (χ0v) is 24.8. The third-order valence-electron chi connectivity index (χ3n) is 8.53. The molecule has 0 amide bonds. The van der Waals surface area contributed by atoms with Gasteiger partial charge in [0.15, 0.2) is 0 Å². The van der Waals surface area contributed by atoms with Crippen molar-refractivity contribution in [3.05, 3.63) is 46.5 Å². The Bertz CT molecular complexity index is 1320. The molecule has 0 spiro atoms. The van der Waals surface area contributed by atoms with Gasteiger partial charge in [0.25, 0.3) is 0 Å². The third-order valence-corrected chi connectivity index (χ3v) is 8.53. The Morgan fingerprint density at radius 2 is 1.20 bits per heavy atom. The molecule has 3 aliphatic rings. The Balaban J connectivity index is 1.58. The molecule has 0 aromatic heterocycles. The fraction of sp³-hybridized carbons (Fsp3) is 0.600. The summed E-state index contributed by atoms with van der Waals surface area (Å²) < 4.78 is 34.8. The van der Waals surface area contributed by atoms with E-state index in [2.05, 4.69) is 0 Å². The minimum Gasteiger partial charge on any atom is -0.497 e. The fourth-order valence-electron chi connectivity index (χ4n) is 5.87. The summed E-state index contributed by atoms with van der Waals surface area (Å²) >= 11 is 0. The van der Waals surface area contributed by atoms with E-state index in [0.29, 0.717) is 16.9 Å². The second-order valence-corrected chi connectivity index (χ2v) is 11.4. The first-order valence-corrected chi connectivity index (χ1v) is 14.5. The van der Waals surface area contributed by atoms with Gasteiger partial charge in [0, 0.05) is 17.5 Å². The summed E-state index contributed by atoms with van der Waals surface area (Å²) in [6, 6.07) is 7.04. The summed E-state index contributed by atoms with van der Waals surface area (Å²) in [6.07, 6.45) is -17.8. The molecule has 15 heteroatoms. The van der Waals surface area contributed by atoms with E-state index in [0.717, 1.165) is 0 Å². The van der Waals surface area contributed by atoms with Crippen LogP contribution in [0.2, 0.25) is 0 Å². The van der Waals surface area contributed by atoms with Gasteiger partial charge < -0.3 is 74.4 Å². The maximum Gasteiger partial charge on any atom is 0.229 e. The van der Waals surface area contributed by atoms with Crippen molar-refractivity contribution < 1.29 is 74.4 Å². The molecule has 3 aliphatic heterocycles. The van der Waals surface area contributed by atoms with Crippen LogP contribution in [-0.4, -0.2) is 128 Å². The number of aliphatic hydroxyl groups is 9. The van der Waals surface area contributed by atoms with Crippen LogP contribution in [0.15, 0.2) is 24.3 Å². The number of aliphatic hydroxyl groups excluding tert-OH is 9. The molecule has 2 aromatic carbocycles. The zero-order valence-electron chi connectivity index (χ0n) is 24.8. The maximum absolute atomic E-state index is 11.5. The lowest BCUT2D eigenvalue weighted by Crippen LogP contribution is -2.60. The van der Waals surface area contributed by atoms with Crippen LogP contribution in [0.1, 0.15) is 40.9 Å². The average molecular weight is 641 g/mol. The van der Waals surface area contributed by atoms with Gasteiger partial charge in [-0.25, -0.2) is 0 Å². The number of ether oxygens (including phenoxy) is 6. The zero-order chi connectivity index (χ0) is 32.7. The summed E-state index contributed by atoms with van der Waals surface area (Å²) in [5.74, 6) is 0.674. The molecule has 12 unspecified atom stereocenters. The summed E-state index contributed by atoms with van der Waals surface area (Å²) in [5.41, 5.74) is 1.41. The first-order valence-electron chi connectivity index (χ1n) is 14.5. The highest BCUT2D eigenvalue weighted by Crippen LogP contribution is 2.53. The average Bonchev–Trinajstić information content (AvgIpc) is 3.04. The third kappa shape index (κ3) is 6.18. The van der Waals surface area contributed by atoms with Gasteiger partial charge in [-0.05, 0) is 31.5 Å². The van der Waals surface area contributed by atoms with Crippen molar-refractivity contribution >= 4 is 0 Å². The maximum atomic E-state index is 11.5. The minimum atomic E-state index is -1.78. The van der Waals surface area contributed by atoms with Crippen molar-refractivity contribution in [2.75, 3.05) is 20.3 Å². The first-order chi connectivity index (χ1) is 21.4. The normalized spacial score (nSPS) is 36.5. The molecule has 0 saturated carbocycles. The molecule has 0 radical (unpaired) electrons. The lowest BCUT2D eigenvalue weighted by Gasteiger charge is -2.42. The summed E-state index contributed by atoms with van der Waals surface area (Å²) in [6.45, 7) is 1.77. The Hall–Kier alpha value is -2.80. The van der Waals surface area contributed by atoms with Crippen LogP contribution in [0, 0.1) is 13.8 Å². The van der Waals surface area contributed by atoms with Gasteiger partial charge in [0.1, 0.15) is 77.9 Å². The standard InChI is InChI=1S/C30H40O15/c1-11-26(44-29-24(38)22(36)20(34)17(9-31)42-29)12(2)28(45-30-25(39)23(37)21(35)18(10-32)43-30)19-15(33)8-16(41-27(11)19)13-4-6-14(40-3)7-5-13/h4-7,15-18,20-25,29-39H,8-10H2,1-3H3. The smallest absolute Gasteiger partial charge is 0.229 e. The summed E-state index contributed by atoms with van der Waals surface area (Å²) in [7, 11) is 1.53. The largest absolute Gasteiger partial charge is 0.497 e. The number of benzene rings is 2. The van der Waals surface area contributed by atoms with Gasteiger partial charge in [-0.1, -0.05) is 12.1 Å². The molecule has 0 bridgehead atoms. The van der Waals surface area contributed by atoms with Gasteiger partial charge in [-0.3, -0.25) is 0 Å². The highest BCUT2D eigenvalue weighted by molar-refractivity contribution is 5.63. The van der Waals surface area contributed by atoms with Crippen LogP contribution in [0.3, 0.4) is 0 Å². The highest BCUT2D eigenvalue weighted by atomic mass is 16.7. The predicted octanol–water partition coefficient (Wildman–Crippen LogP) is -1.77. The van der Waals surface area contributed by atoms with E-state index in [1.807, 2.05) is 0 Å². The quantitative estimate of drug-likeness (QED) is 0.155. The Morgan fingerprint density at radius 1 is 0.689 bits per heavy atom. The minimum absolute atomic E-state index is 0.0141. The SMILES string of the molecule is COc1ccc(C2CC(O)c3c(c(C)c(OC4OC(CO)C(O)C(O)C4O)c(C)c3OC3OC(CO)C(O)C(O)C3O)O2)cc1. The van der Waals surface area contributed by atoms with Crippen LogP contribution in [0.4, 0.5) is 0 Å². The van der Waals surface area contributed by atoms with E-state index in [1.54, 1.807) is 31.2 Å². The van der Waals surface area contributed by atoms with E-state index in [1.165, 1.54) is 14.0 Å². The van der Waals surface area contributed by atoms with Gasteiger partial charge in [-0.15, -0.1) is 0 Å². The van der Waals surface area contributed by atoms with Crippen LogP contribution in [0.25, 0.3) is 0 Å². The van der Waals surface area contributed by atoms with Gasteiger partial charge in [0.2, 0.25) is 12.6 Å².